The topological polar surface area (TPSA) is 95.6 Å². The second kappa shape index (κ2) is 9.13. The summed E-state index contributed by atoms with van der Waals surface area (Å²) in [5.41, 5.74) is 8.24. The smallest absolute Gasteiger partial charge is 0.274 e. The third-order valence-corrected chi connectivity index (χ3v) is 7.85. The van der Waals surface area contributed by atoms with Gasteiger partial charge in [0.1, 0.15) is 10.5 Å². The molecule has 1 aliphatic heterocycles. The molecule has 1 atom stereocenters. The van der Waals surface area contributed by atoms with Gasteiger partial charge in [-0.25, -0.2) is 0 Å². The molecule has 0 saturated heterocycles. The summed E-state index contributed by atoms with van der Waals surface area (Å²) >= 11 is 4.48. The van der Waals surface area contributed by atoms with Crippen molar-refractivity contribution in [1.82, 2.24) is 4.57 Å². The molecule has 1 aromatic heterocycles. The number of rotatable bonds is 4. The van der Waals surface area contributed by atoms with Crippen LogP contribution in [-0.4, -0.2) is 17.1 Å². The standard InChI is InChI=1S/C24H18N4OS3/c1-30-16-7-3-14(4-8-16)11-20-23(29)28-22(27)18(12-25)21(19(13-26)24(28)32-20)15-5-9-17(31-2)10-6-15/h3-11,21H,27H2,1-2H3/b20-11-/t21-/m0/s1. The van der Waals surface area contributed by atoms with Gasteiger partial charge in [-0.2, -0.15) is 10.5 Å². The molecular weight excluding hydrogens is 456 g/mol. The summed E-state index contributed by atoms with van der Waals surface area (Å²) < 4.78 is 2.24. The third kappa shape index (κ3) is 3.78. The van der Waals surface area contributed by atoms with E-state index >= 15 is 0 Å². The van der Waals surface area contributed by atoms with Crippen molar-refractivity contribution in [1.29, 1.82) is 10.5 Å². The quantitative estimate of drug-likeness (QED) is 0.583. The number of hydrogen-bond acceptors (Lipinski definition) is 7. The maximum Gasteiger partial charge on any atom is 0.274 e. The average Bonchev–Trinajstić information content (AvgIpc) is 3.15. The van der Waals surface area contributed by atoms with Crippen molar-refractivity contribution in [2.45, 2.75) is 15.7 Å². The zero-order chi connectivity index (χ0) is 22.8. The van der Waals surface area contributed by atoms with Crippen LogP contribution >= 0.6 is 34.9 Å². The summed E-state index contributed by atoms with van der Waals surface area (Å²) in [5.74, 6) is -0.522. The number of hydrogen-bond donors (Lipinski definition) is 1. The molecule has 158 valence electrons. The van der Waals surface area contributed by atoms with Crippen LogP contribution < -0.4 is 20.5 Å². The highest BCUT2D eigenvalue weighted by Crippen LogP contribution is 2.36. The van der Waals surface area contributed by atoms with Gasteiger partial charge < -0.3 is 5.73 Å². The molecule has 0 radical (unpaired) electrons. The lowest BCUT2D eigenvalue weighted by molar-refractivity contribution is 0.905. The summed E-state index contributed by atoms with van der Waals surface area (Å²) in [4.78, 5) is 15.4. The molecule has 0 bridgehead atoms. The Balaban J connectivity index is 1.97. The lowest BCUT2D eigenvalue weighted by atomic mass is 9.84. The van der Waals surface area contributed by atoms with Crippen LogP contribution in [0.3, 0.4) is 0 Å². The van der Waals surface area contributed by atoms with Gasteiger partial charge >= 0.3 is 0 Å². The van der Waals surface area contributed by atoms with Gasteiger partial charge in [-0.05, 0) is 54.0 Å². The fourth-order valence-corrected chi connectivity index (χ4v) is 5.58. The molecule has 8 heteroatoms. The van der Waals surface area contributed by atoms with Crippen molar-refractivity contribution >= 4 is 52.3 Å². The highest BCUT2D eigenvalue weighted by molar-refractivity contribution is 7.98. The van der Waals surface area contributed by atoms with Crippen LogP contribution in [0.5, 0.6) is 0 Å². The molecule has 5 nitrogen and oxygen atoms in total. The lowest BCUT2D eigenvalue weighted by Gasteiger charge is -2.22. The number of allylic oxidation sites excluding steroid dienone is 1. The Kier molecular flexibility index (Phi) is 6.29. The first-order valence-corrected chi connectivity index (χ1v) is 12.8. The largest absolute Gasteiger partial charge is 0.384 e. The molecule has 0 unspecified atom stereocenters. The fraction of sp³-hybridized carbons (Fsp3) is 0.125. The van der Waals surface area contributed by atoms with E-state index in [0.717, 1.165) is 20.9 Å². The number of thioether (sulfide) groups is 2. The van der Waals surface area contributed by atoms with Crippen molar-refractivity contribution in [3.05, 3.63) is 84.8 Å². The molecule has 0 spiro atoms. The second-order valence-electron chi connectivity index (χ2n) is 6.97. The zero-order valence-corrected chi connectivity index (χ0v) is 19.8. The summed E-state index contributed by atoms with van der Waals surface area (Å²) in [6.07, 6.45) is 5.78. The number of nitriles is 2. The first-order valence-electron chi connectivity index (χ1n) is 9.58. The normalized spacial score (nSPS) is 15.9. The minimum atomic E-state index is -0.604. The average molecular weight is 475 g/mol. The van der Waals surface area contributed by atoms with Gasteiger partial charge in [-0.3, -0.25) is 9.36 Å². The van der Waals surface area contributed by atoms with E-state index in [0.29, 0.717) is 14.8 Å². The van der Waals surface area contributed by atoms with E-state index in [2.05, 4.69) is 12.1 Å². The van der Waals surface area contributed by atoms with E-state index in [9.17, 15) is 15.3 Å². The molecule has 0 saturated carbocycles. The Morgan fingerprint density at radius 2 is 1.53 bits per heavy atom. The van der Waals surface area contributed by atoms with E-state index in [1.807, 2.05) is 61.0 Å². The van der Waals surface area contributed by atoms with Crippen LogP contribution in [0.4, 0.5) is 0 Å². The molecule has 3 aromatic rings. The Labute approximate surface area is 197 Å². The first-order chi connectivity index (χ1) is 15.5. The summed E-state index contributed by atoms with van der Waals surface area (Å²) in [7, 11) is 0. The number of fused-ring (bicyclic) bond motifs is 1. The number of nitrogens with two attached hydrogens (primary N) is 1. The lowest BCUT2D eigenvalue weighted by Crippen LogP contribution is -2.38. The number of benzene rings is 2. The van der Waals surface area contributed by atoms with Crippen molar-refractivity contribution in [2.24, 2.45) is 5.73 Å². The van der Waals surface area contributed by atoms with Crippen molar-refractivity contribution in [3.63, 3.8) is 0 Å². The van der Waals surface area contributed by atoms with Crippen LogP contribution in [0.25, 0.3) is 17.5 Å². The molecule has 4 rings (SSSR count). The molecule has 2 N–H and O–H groups in total. The Morgan fingerprint density at radius 3 is 2.06 bits per heavy atom. The molecule has 2 aromatic carbocycles. The van der Waals surface area contributed by atoms with E-state index in [-0.39, 0.29) is 17.0 Å². The first kappa shape index (κ1) is 22.0. The molecular formula is C24H18N4OS3. The van der Waals surface area contributed by atoms with Gasteiger partial charge in [-0.15, -0.1) is 34.9 Å². The zero-order valence-electron chi connectivity index (χ0n) is 17.3. The van der Waals surface area contributed by atoms with Crippen LogP contribution in [0.15, 0.2) is 68.7 Å². The highest BCUT2D eigenvalue weighted by atomic mass is 32.2. The van der Waals surface area contributed by atoms with Crippen molar-refractivity contribution in [2.75, 3.05) is 12.5 Å². The Hall–Kier alpha value is -3.17. The predicted octanol–water partition coefficient (Wildman–Crippen LogP) is 3.30. The van der Waals surface area contributed by atoms with Gasteiger partial charge in [-0.1, -0.05) is 24.3 Å². The van der Waals surface area contributed by atoms with E-state index in [4.69, 9.17) is 5.73 Å². The summed E-state index contributed by atoms with van der Waals surface area (Å²) in [6.45, 7) is 0. The SMILES string of the molecule is CSc1ccc(/C=c2\sc3n(c2=O)C(N)=C(C#N)[C@H](c2ccc(SC)cc2)C=3C#N)cc1. The van der Waals surface area contributed by atoms with Gasteiger partial charge in [0.15, 0.2) is 0 Å². The molecule has 0 amide bonds. The van der Waals surface area contributed by atoms with Crippen LogP contribution in [0, 0.1) is 22.7 Å². The summed E-state index contributed by atoms with van der Waals surface area (Å²) in [6, 6.07) is 20.0. The highest BCUT2D eigenvalue weighted by Gasteiger charge is 2.32. The number of aromatic nitrogens is 1. The van der Waals surface area contributed by atoms with Gasteiger partial charge in [0.2, 0.25) is 0 Å². The maximum absolute atomic E-state index is 13.2. The van der Waals surface area contributed by atoms with E-state index < -0.39 is 5.92 Å². The second-order valence-corrected chi connectivity index (χ2v) is 9.76. The van der Waals surface area contributed by atoms with E-state index in [1.54, 1.807) is 29.6 Å². The Bertz CT molecular complexity index is 1480. The minimum absolute atomic E-state index is 0.0825. The number of nitrogens with zero attached hydrogens (tertiary/aromatic N) is 3. The number of thiazole rings is 1. The van der Waals surface area contributed by atoms with Crippen LogP contribution in [0.2, 0.25) is 0 Å². The maximum atomic E-state index is 13.2. The van der Waals surface area contributed by atoms with E-state index in [1.165, 1.54) is 15.9 Å². The van der Waals surface area contributed by atoms with Gasteiger partial charge in [0.05, 0.1) is 33.7 Å². The minimum Gasteiger partial charge on any atom is -0.384 e. The molecule has 2 heterocycles. The Morgan fingerprint density at radius 1 is 0.969 bits per heavy atom. The molecule has 0 fully saturated rings. The molecule has 32 heavy (non-hydrogen) atoms. The van der Waals surface area contributed by atoms with Crippen molar-refractivity contribution in [3.8, 4) is 12.1 Å². The van der Waals surface area contributed by atoms with Gasteiger partial charge in [0.25, 0.3) is 5.56 Å². The van der Waals surface area contributed by atoms with Crippen molar-refractivity contribution < 1.29 is 0 Å². The van der Waals surface area contributed by atoms with Crippen LogP contribution in [-0.2, 0) is 0 Å². The summed E-state index contributed by atoms with van der Waals surface area (Å²) in [5, 5.41) is 19.9. The van der Waals surface area contributed by atoms with Crippen LogP contribution in [0.1, 0.15) is 17.0 Å². The monoisotopic (exact) mass is 474 g/mol. The molecule has 0 aliphatic carbocycles. The van der Waals surface area contributed by atoms with Gasteiger partial charge in [0, 0.05) is 9.79 Å². The fourth-order valence-electron chi connectivity index (χ4n) is 3.63. The predicted molar refractivity (Wildman–Crippen MR) is 133 cm³/mol. The molecule has 1 aliphatic rings. The third-order valence-electron chi connectivity index (χ3n) is 5.25.